The standard InChI is InChI=1S/C23H24N2O7/c1-16(27)25-22(29)20(21(28)24(23(25)30)15-31-11-10-26)13-18-8-5-9-19(12-18)32-14-17-6-3-2-4-7-17/h2-9,12,26,28H,10-11,13-15H2,1H3. The Morgan fingerprint density at radius 1 is 1.03 bits per heavy atom. The Morgan fingerprint density at radius 2 is 1.75 bits per heavy atom. The van der Waals surface area contributed by atoms with Gasteiger partial charge in [-0.1, -0.05) is 42.5 Å². The van der Waals surface area contributed by atoms with Crippen LogP contribution in [0, 0.1) is 0 Å². The molecule has 9 heteroatoms. The molecule has 0 bridgehead atoms. The Hall–Kier alpha value is -3.69. The van der Waals surface area contributed by atoms with Gasteiger partial charge < -0.3 is 19.7 Å². The molecule has 3 rings (SSSR count). The van der Waals surface area contributed by atoms with E-state index in [0.29, 0.717) is 22.5 Å². The molecule has 0 fully saturated rings. The predicted molar refractivity (Wildman–Crippen MR) is 116 cm³/mol. The fraction of sp³-hybridized carbons (Fsp3) is 0.261. The molecule has 1 aromatic heterocycles. The van der Waals surface area contributed by atoms with Crippen LogP contribution in [0.3, 0.4) is 0 Å². The smallest absolute Gasteiger partial charge is 0.342 e. The number of ether oxygens (including phenoxy) is 2. The molecule has 0 saturated carbocycles. The molecular weight excluding hydrogens is 416 g/mol. The number of aliphatic hydroxyl groups excluding tert-OH is 1. The molecule has 2 N–H and O–H groups in total. The molecule has 9 nitrogen and oxygen atoms in total. The van der Waals surface area contributed by atoms with E-state index in [-0.39, 0.29) is 25.2 Å². The Bertz CT molecular complexity index is 1200. The van der Waals surface area contributed by atoms with Gasteiger partial charge >= 0.3 is 5.69 Å². The van der Waals surface area contributed by atoms with E-state index in [4.69, 9.17) is 14.6 Å². The van der Waals surface area contributed by atoms with E-state index in [1.165, 1.54) is 0 Å². The lowest BCUT2D eigenvalue weighted by atomic mass is 10.1. The highest BCUT2D eigenvalue weighted by molar-refractivity contribution is 5.75. The quantitative estimate of drug-likeness (QED) is 0.484. The van der Waals surface area contributed by atoms with Crippen LogP contribution in [0.2, 0.25) is 0 Å². The van der Waals surface area contributed by atoms with Gasteiger partial charge in [-0.3, -0.25) is 9.59 Å². The normalized spacial score (nSPS) is 10.8. The van der Waals surface area contributed by atoms with Gasteiger partial charge in [-0.05, 0) is 23.3 Å². The molecule has 0 amide bonds. The molecule has 0 aliphatic heterocycles. The summed E-state index contributed by atoms with van der Waals surface area (Å²) in [6.07, 6.45) is -0.0409. The number of hydrogen-bond acceptors (Lipinski definition) is 7. The number of hydrogen-bond donors (Lipinski definition) is 2. The van der Waals surface area contributed by atoms with Crippen molar-refractivity contribution in [2.45, 2.75) is 26.7 Å². The lowest BCUT2D eigenvalue weighted by molar-refractivity contribution is 0.0404. The van der Waals surface area contributed by atoms with Crippen LogP contribution in [-0.2, 0) is 24.5 Å². The maximum absolute atomic E-state index is 12.8. The van der Waals surface area contributed by atoms with Crippen molar-refractivity contribution in [1.82, 2.24) is 9.13 Å². The van der Waals surface area contributed by atoms with Crippen LogP contribution in [-0.4, -0.2) is 38.5 Å². The van der Waals surface area contributed by atoms with Gasteiger partial charge in [0.05, 0.1) is 18.8 Å². The number of benzene rings is 2. The number of carbonyl (C=O) groups is 1. The summed E-state index contributed by atoms with van der Waals surface area (Å²) in [5.74, 6) is -0.805. The molecule has 0 radical (unpaired) electrons. The summed E-state index contributed by atoms with van der Waals surface area (Å²) in [7, 11) is 0. The zero-order valence-corrected chi connectivity index (χ0v) is 17.6. The molecule has 0 aliphatic rings. The molecule has 0 spiro atoms. The van der Waals surface area contributed by atoms with Crippen molar-refractivity contribution in [3.63, 3.8) is 0 Å². The van der Waals surface area contributed by atoms with Crippen molar-refractivity contribution in [1.29, 1.82) is 0 Å². The van der Waals surface area contributed by atoms with Crippen LogP contribution in [0.1, 0.15) is 28.4 Å². The number of carbonyl (C=O) groups excluding carboxylic acids is 1. The van der Waals surface area contributed by atoms with Gasteiger partial charge in [0.1, 0.15) is 19.1 Å². The maximum Gasteiger partial charge on any atom is 0.342 e. The molecule has 0 aliphatic carbocycles. The summed E-state index contributed by atoms with van der Waals surface area (Å²) < 4.78 is 12.1. The van der Waals surface area contributed by atoms with E-state index in [1.807, 2.05) is 30.3 Å². The number of rotatable bonds is 9. The van der Waals surface area contributed by atoms with Crippen molar-refractivity contribution >= 4 is 5.91 Å². The monoisotopic (exact) mass is 440 g/mol. The van der Waals surface area contributed by atoms with E-state index in [2.05, 4.69) is 0 Å². The number of aliphatic hydroxyl groups is 1. The minimum atomic E-state index is -1.01. The van der Waals surface area contributed by atoms with Crippen LogP contribution >= 0.6 is 0 Å². The van der Waals surface area contributed by atoms with Gasteiger partial charge in [0, 0.05) is 13.3 Å². The van der Waals surface area contributed by atoms with Crippen molar-refractivity contribution < 1.29 is 24.5 Å². The van der Waals surface area contributed by atoms with Crippen LogP contribution in [0.5, 0.6) is 11.6 Å². The van der Waals surface area contributed by atoms with Gasteiger partial charge in [-0.15, -0.1) is 0 Å². The Kier molecular flexibility index (Phi) is 7.58. The fourth-order valence-corrected chi connectivity index (χ4v) is 3.15. The Morgan fingerprint density at radius 3 is 2.44 bits per heavy atom. The molecular formula is C23H24N2O7. The summed E-state index contributed by atoms with van der Waals surface area (Å²) >= 11 is 0. The summed E-state index contributed by atoms with van der Waals surface area (Å²) in [4.78, 5) is 37.2. The average Bonchev–Trinajstić information content (AvgIpc) is 2.78. The van der Waals surface area contributed by atoms with Crippen LogP contribution in [0.25, 0.3) is 0 Å². The molecule has 1 heterocycles. The first-order chi connectivity index (χ1) is 15.4. The van der Waals surface area contributed by atoms with Crippen molar-refractivity contribution in [2.75, 3.05) is 13.2 Å². The third kappa shape index (κ3) is 5.32. The summed E-state index contributed by atoms with van der Waals surface area (Å²) in [5, 5.41) is 19.5. The molecule has 0 unspecified atom stereocenters. The van der Waals surface area contributed by atoms with Crippen molar-refractivity contribution in [2.24, 2.45) is 0 Å². The van der Waals surface area contributed by atoms with Gasteiger partial charge in [0.15, 0.2) is 0 Å². The van der Waals surface area contributed by atoms with Crippen LogP contribution in [0.15, 0.2) is 64.2 Å². The highest BCUT2D eigenvalue weighted by Gasteiger charge is 2.21. The number of aromatic nitrogens is 2. The lowest BCUT2D eigenvalue weighted by Gasteiger charge is -2.15. The van der Waals surface area contributed by atoms with Crippen LogP contribution < -0.4 is 16.0 Å². The van der Waals surface area contributed by atoms with E-state index in [9.17, 15) is 19.5 Å². The van der Waals surface area contributed by atoms with Gasteiger partial charge in [0.25, 0.3) is 5.56 Å². The fourth-order valence-electron chi connectivity index (χ4n) is 3.15. The Labute approximate surface area is 183 Å². The van der Waals surface area contributed by atoms with E-state index in [1.54, 1.807) is 24.3 Å². The minimum absolute atomic E-state index is 0.0409. The minimum Gasteiger partial charge on any atom is -0.494 e. The molecule has 0 atom stereocenters. The molecule has 0 saturated heterocycles. The van der Waals surface area contributed by atoms with Crippen molar-refractivity contribution in [3.05, 3.63) is 92.1 Å². The van der Waals surface area contributed by atoms with E-state index in [0.717, 1.165) is 17.1 Å². The molecule has 168 valence electrons. The van der Waals surface area contributed by atoms with Gasteiger partial charge in [-0.25, -0.2) is 9.36 Å². The second kappa shape index (κ2) is 10.6. The molecule has 32 heavy (non-hydrogen) atoms. The largest absolute Gasteiger partial charge is 0.494 e. The highest BCUT2D eigenvalue weighted by atomic mass is 16.5. The SMILES string of the molecule is CC(=O)n1c(=O)c(Cc2cccc(OCc3ccccc3)c2)c(O)n(COCCO)c1=O. The zero-order valence-electron chi connectivity index (χ0n) is 17.6. The second-order valence-corrected chi connectivity index (χ2v) is 7.03. The average molecular weight is 440 g/mol. The summed E-state index contributed by atoms with van der Waals surface area (Å²) in [6.45, 7) is 0.651. The topological polar surface area (TPSA) is 120 Å². The van der Waals surface area contributed by atoms with E-state index < -0.39 is 29.8 Å². The molecule has 3 aromatic rings. The maximum atomic E-state index is 12.8. The number of nitrogens with zero attached hydrogens (tertiary/aromatic N) is 2. The third-order valence-corrected chi connectivity index (χ3v) is 4.71. The Balaban J connectivity index is 1.91. The summed E-state index contributed by atoms with van der Waals surface area (Å²) in [6, 6.07) is 16.6. The number of aromatic hydroxyl groups is 1. The zero-order chi connectivity index (χ0) is 23.1. The first kappa shape index (κ1) is 23.0. The van der Waals surface area contributed by atoms with Crippen LogP contribution in [0.4, 0.5) is 0 Å². The molecule has 2 aromatic carbocycles. The summed E-state index contributed by atoms with van der Waals surface area (Å²) in [5.41, 5.74) is -0.405. The highest BCUT2D eigenvalue weighted by Crippen LogP contribution is 2.20. The van der Waals surface area contributed by atoms with Crippen molar-refractivity contribution in [3.8, 4) is 11.6 Å². The second-order valence-electron chi connectivity index (χ2n) is 7.03. The lowest BCUT2D eigenvalue weighted by Crippen LogP contribution is -2.44. The van der Waals surface area contributed by atoms with E-state index >= 15 is 0 Å². The van der Waals surface area contributed by atoms with Gasteiger partial charge in [-0.2, -0.15) is 4.57 Å². The predicted octanol–water partition coefficient (Wildman–Crippen LogP) is 1.51. The first-order valence-electron chi connectivity index (χ1n) is 9.95. The third-order valence-electron chi connectivity index (χ3n) is 4.71. The first-order valence-corrected chi connectivity index (χ1v) is 9.95. The van der Waals surface area contributed by atoms with Gasteiger partial charge in [0.2, 0.25) is 11.8 Å².